The van der Waals surface area contributed by atoms with Crippen LogP contribution in [0, 0.1) is 17.7 Å². The molecule has 4 nitrogen and oxygen atoms in total. The van der Waals surface area contributed by atoms with Gasteiger partial charge in [-0.05, 0) is 13.3 Å². The molecule has 0 saturated carbocycles. The Balaban J connectivity index is 2.17. The highest BCUT2D eigenvalue weighted by Crippen LogP contribution is 2.23. The molecule has 0 fully saturated rings. The van der Waals surface area contributed by atoms with Gasteiger partial charge in [0.25, 0.3) is 5.88 Å². The molecule has 94 valence electrons. The second kappa shape index (κ2) is 6.01. The number of ether oxygens (including phenoxy) is 1. The number of hydrogen-bond donors (Lipinski definition) is 0. The van der Waals surface area contributed by atoms with E-state index in [0.29, 0.717) is 6.54 Å². The van der Waals surface area contributed by atoms with E-state index in [1.54, 1.807) is 6.92 Å². The van der Waals surface area contributed by atoms with Crippen molar-refractivity contribution in [2.24, 2.45) is 0 Å². The molecule has 0 N–H and O–H groups in total. The Hall–Kier alpha value is -2.09. The lowest BCUT2D eigenvalue weighted by atomic mass is 10.2. The van der Waals surface area contributed by atoms with Crippen molar-refractivity contribution in [1.29, 1.82) is 0 Å². The van der Waals surface area contributed by atoms with Gasteiger partial charge in [0.15, 0.2) is 12.4 Å². The minimum Gasteiger partial charge on any atom is -0.462 e. The van der Waals surface area contributed by atoms with Crippen molar-refractivity contribution >= 4 is 5.82 Å². The van der Waals surface area contributed by atoms with Gasteiger partial charge in [0.05, 0.1) is 0 Å². The molecule has 5 heteroatoms. The molecule has 0 atom stereocenters. The average molecular weight is 247 g/mol. The zero-order valence-corrected chi connectivity index (χ0v) is 10.2. The fourth-order valence-corrected chi connectivity index (χ4v) is 1.68. The summed E-state index contributed by atoms with van der Waals surface area (Å²) < 4.78 is 19.3. The third-order valence-electron chi connectivity index (χ3n) is 2.55. The molecule has 1 aromatic rings. The van der Waals surface area contributed by atoms with E-state index in [0.717, 1.165) is 13.0 Å². The number of rotatable bonds is 3. The molecule has 0 aliphatic carbocycles. The number of hydrogen-bond acceptors (Lipinski definition) is 4. The Morgan fingerprint density at radius 2 is 2.33 bits per heavy atom. The van der Waals surface area contributed by atoms with E-state index in [-0.39, 0.29) is 18.3 Å². The van der Waals surface area contributed by atoms with Gasteiger partial charge >= 0.3 is 0 Å². The number of halogens is 1. The first-order chi connectivity index (χ1) is 8.83. The van der Waals surface area contributed by atoms with Gasteiger partial charge in [0.1, 0.15) is 6.33 Å². The predicted molar refractivity (Wildman–Crippen MR) is 66.9 cm³/mol. The molecular formula is C13H14FN3O. The van der Waals surface area contributed by atoms with Crippen LogP contribution in [0.3, 0.4) is 0 Å². The van der Waals surface area contributed by atoms with Gasteiger partial charge in [-0.25, -0.2) is 4.98 Å². The summed E-state index contributed by atoms with van der Waals surface area (Å²) >= 11 is 0. The Morgan fingerprint density at radius 3 is 3.06 bits per heavy atom. The van der Waals surface area contributed by atoms with E-state index in [4.69, 9.17) is 4.74 Å². The van der Waals surface area contributed by atoms with Crippen LogP contribution in [0.4, 0.5) is 10.2 Å². The molecule has 0 unspecified atom stereocenters. The molecule has 2 rings (SSSR count). The first-order valence-corrected chi connectivity index (χ1v) is 5.75. The van der Waals surface area contributed by atoms with Crippen LogP contribution in [-0.2, 0) is 0 Å². The van der Waals surface area contributed by atoms with Crippen LogP contribution >= 0.6 is 0 Å². The van der Waals surface area contributed by atoms with Gasteiger partial charge in [-0.15, -0.1) is 5.92 Å². The molecule has 18 heavy (non-hydrogen) atoms. The van der Waals surface area contributed by atoms with E-state index in [1.165, 1.54) is 6.33 Å². The second-order valence-electron chi connectivity index (χ2n) is 3.74. The van der Waals surface area contributed by atoms with Crippen LogP contribution in [0.15, 0.2) is 18.5 Å². The van der Waals surface area contributed by atoms with E-state index in [9.17, 15) is 4.39 Å². The van der Waals surface area contributed by atoms with E-state index in [2.05, 4.69) is 27.9 Å². The second-order valence-corrected chi connectivity index (χ2v) is 3.74. The lowest BCUT2D eigenvalue weighted by Crippen LogP contribution is -2.28. The molecule has 0 saturated heterocycles. The van der Waals surface area contributed by atoms with Crippen molar-refractivity contribution in [3.63, 3.8) is 0 Å². The Labute approximate surface area is 105 Å². The normalized spacial score (nSPS) is 14.0. The maximum Gasteiger partial charge on any atom is 0.256 e. The summed E-state index contributed by atoms with van der Waals surface area (Å²) in [5.74, 6) is 5.09. The molecule has 1 aromatic heterocycles. The molecule has 0 aromatic carbocycles. The first kappa shape index (κ1) is 12.4. The quantitative estimate of drug-likeness (QED) is 0.603. The first-order valence-electron chi connectivity index (χ1n) is 5.75. The summed E-state index contributed by atoms with van der Waals surface area (Å²) in [5.41, 5.74) is 0. The lowest BCUT2D eigenvalue weighted by molar-refractivity contribution is 0.331. The molecule has 0 amide bonds. The summed E-state index contributed by atoms with van der Waals surface area (Å²) in [7, 11) is 0. The van der Waals surface area contributed by atoms with Gasteiger partial charge in [-0.3, -0.25) is 0 Å². The summed E-state index contributed by atoms with van der Waals surface area (Å²) in [6.45, 7) is 3.23. The smallest absolute Gasteiger partial charge is 0.256 e. The van der Waals surface area contributed by atoms with E-state index < -0.39 is 5.82 Å². The molecule has 0 radical (unpaired) electrons. The number of nitrogens with zero attached hydrogens (tertiary/aromatic N) is 3. The van der Waals surface area contributed by atoms with Gasteiger partial charge in [0, 0.05) is 13.1 Å². The van der Waals surface area contributed by atoms with Crippen LogP contribution in [-0.4, -0.2) is 29.7 Å². The molecule has 0 bridgehead atoms. The van der Waals surface area contributed by atoms with Crippen molar-refractivity contribution in [1.82, 2.24) is 9.97 Å². The largest absolute Gasteiger partial charge is 0.462 e. The maximum atomic E-state index is 14.1. The third-order valence-corrected chi connectivity index (χ3v) is 2.55. The highest BCUT2D eigenvalue weighted by molar-refractivity contribution is 5.44. The van der Waals surface area contributed by atoms with E-state index >= 15 is 0 Å². The topological polar surface area (TPSA) is 38.3 Å². The molecular weight excluding hydrogens is 233 g/mol. The Morgan fingerprint density at radius 1 is 1.44 bits per heavy atom. The summed E-state index contributed by atoms with van der Waals surface area (Å²) in [5, 5.41) is 0. The van der Waals surface area contributed by atoms with Gasteiger partial charge in [0.2, 0.25) is 5.82 Å². The third kappa shape index (κ3) is 2.77. The lowest BCUT2D eigenvalue weighted by Gasteiger charge is -2.24. The average Bonchev–Trinajstić information content (AvgIpc) is 2.42. The highest BCUT2D eigenvalue weighted by atomic mass is 19.1. The van der Waals surface area contributed by atoms with Crippen molar-refractivity contribution in [3.05, 3.63) is 24.3 Å². The van der Waals surface area contributed by atoms with Crippen LogP contribution in [0.25, 0.3) is 0 Å². The fourth-order valence-electron chi connectivity index (χ4n) is 1.68. The predicted octanol–water partition coefficient (Wildman–Crippen LogP) is 1.78. The minimum atomic E-state index is -0.522. The number of anilines is 1. The Bertz CT molecular complexity index is 505. The van der Waals surface area contributed by atoms with Crippen LogP contribution in [0.5, 0.6) is 5.88 Å². The minimum absolute atomic E-state index is 0.0442. The van der Waals surface area contributed by atoms with Gasteiger partial charge in [-0.1, -0.05) is 18.1 Å². The molecule has 1 aliphatic heterocycles. The molecule has 2 heterocycles. The maximum absolute atomic E-state index is 14.1. The molecule has 1 aliphatic rings. The zero-order valence-electron chi connectivity index (χ0n) is 10.2. The Kier molecular flexibility index (Phi) is 4.13. The van der Waals surface area contributed by atoms with Crippen molar-refractivity contribution in [3.8, 4) is 17.7 Å². The summed E-state index contributed by atoms with van der Waals surface area (Å²) in [6, 6.07) is 0. The van der Waals surface area contributed by atoms with Crippen LogP contribution in [0.1, 0.15) is 13.3 Å². The summed E-state index contributed by atoms with van der Waals surface area (Å²) in [4.78, 5) is 9.62. The summed E-state index contributed by atoms with van der Waals surface area (Å²) in [6.07, 6.45) is 6.27. The monoisotopic (exact) mass is 247 g/mol. The standard InChI is InChI=1S/C13H14FN3O/c1-2-3-9-18-13-11(14)12(15-10-16-13)17-7-5-4-6-8-17/h4-5,10H,6-9H2,1H3. The van der Waals surface area contributed by atoms with Crippen LogP contribution < -0.4 is 9.64 Å². The van der Waals surface area contributed by atoms with Crippen molar-refractivity contribution in [2.75, 3.05) is 24.6 Å². The van der Waals surface area contributed by atoms with Gasteiger partial charge in [-0.2, -0.15) is 9.37 Å². The highest BCUT2D eigenvalue weighted by Gasteiger charge is 2.18. The SMILES string of the molecule is CC#CCOc1ncnc(N2CC=CCC2)c1F. The molecule has 0 spiro atoms. The van der Waals surface area contributed by atoms with Gasteiger partial charge < -0.3 is 9.64 Å². The van der Waals surface area contributed by atoms with Crippen molar-refractivity contribution in [2.45, 2.75) is 13.3 Å². The zero-order chi connectivity index (χ0) is 12.8. The van der Waals surface area contributed by atoms with E-state index in [1.807, 2.05) is 11.0 Å². The van der Waals surface area contributed by atoms with Crippen molar-refractivity contribution < 1.29 is 9.13 Å². The van der Waals surface area contributed by atoms with Crippen LogP contribution in [0.2, 0.25) is 0 Å². The fraction of sp³-hybridized carbons (Fsp3) is 0.385. The number of aromatic nitrogens is 2.